The minimum atomic E-state index is 0.135. The number of aryl methyl sites for hydroxylation is 1. The zero-order valence-electron chi connectivity index (χ0n) is 16.6. The number of ether oxygens (including phenoxy) is 2. The topological polar surface area (TPSA) is 110 Å². The Balaban J connectivity index is 1.86. The second-order valence-electron chi connectivity index (χ2n) is 6.39. The Bertz CT molecular complexity index is 1260. The number of hydrogen-bond acceptors (Lipinski definition) is 7. The average molecular weight is 408 g/mol. The van der Waals surface area contributed by atoms with E-state index in [9.17, 15) is 10.5 Å². The van der Waals surface area contributed by atoms with Crippen LogP contribution in [0, 0.1) is 22.7 Å². The molecule has 0 saturated heterocycles. The monoisotopic (exact) mass is 408 g/mol. The van der Waals surface area contributed by atoms with Crippen LogP contribution in [0.2, 0.25) is 0 Å². The summed E-state index contributed by atoms with van der Waals surface area (Å²) in [6.45, 7) is 1.94. The third-order valence-electron chi connectivity index (χ3n) is 4.32. The Labute approximate surface area is 178 Å². The number of nitrogens with zero attached hydrogens (tertiary/aromatic N) is 6. The third kappa shape index (κ3) is 4.19. The van der Waals surface area contributed by atoms with Crippen LogP contribution in [-0.4, -0.2) is 19.7 Å². The van der Waals surface area contributed by atoms with Crippen LogP contribution in [0.4, 0.5) is 0 Å². The van der Waals surface area contributed by atoms with Gasteiger partial charge in [-0.3, -0.25) is 0 Å². The van der Waals surface area contributed by atoms with E-state index in [1.54, 1.807) is 35.3 Å². The van der Waals surface area contributed by atoms with Gasteiger partial charge in [0, 0.05) is 12.4 Å². The lowest BCUT2D eigenvalue weighted by molar-refractivity contribution is 0.377. The second kappa shape index (κ2) is 8.76. The molecule has 0 unspecified atom stereocenters. The molecule has 8 nitrogen and oxygen atoms in total. The molecule has 0 amide bonds. The van der Waals surface area contributed by atoms with E-state index < -0.39 is 0 Å². The van der Waals surface area contributed by atoms with Crippen LogP contribution >= 0.6 is 0 Å². The molecule has 8 heteroatoms. The van der Waals surface area contributed by atoms with Crippen LogP contribution in [0.5, 0.6) is 23.4 Å². The quantitative estimate of drug-likeness (QED) is 0.460. The fourth-order valence-corrected chi connectivity index (χ4v) is 2.93. The molecule has 0 bridgehead atoms. The van der Waals surface area contributed by atoms with Gasteiger partial charge in [0.25, 0.3) is 5.88 Å². The first-order valence-corrected chi connectivity index (χ1v) is 9.47. The zero-order valence-corrected chi connectivity index (χ0v) is 16.6. The van der Waals surface area contributed by atoms with E-state index in [1.807, 2.05) is 49.4 Å². The average Bonchev–Trinajstić information content (AvgIpc) is 3.16. The van der Waals surface area contributed by atoms with Gasteiger partial charge in [0.15, 0.2) is 0 Å². The van der Waals surface area contributed by atoms with Gasteiger partial charge in [-0.2, -0.15) is 20.3 Å². The number of rotatable bonds is 6. The maximum Gasteiger partial charge on any atom is 0.323 e. The van der Waals surface area contributed by atoms with Gasteiger partial charge < -0.3 is 9.47 Å². The number of hydrogen-bond donors (Lipinski definition) is 0. The Morgan fingerprint density at radius 1 is 0.903 bits per heavy atom. The number of para-hydroxylation sites is 1. The largest absolute Gasteiger partial charge is 0.450 e. The maximum absolute atomic E-state index is 9.28. The van der Waals surface area contributed by atoms with Crippen LogP contribution in [0.1, 0.15) is 23.7 Å². The lowest BCUT2D eigenvalue weighted by atomic mass is 10.1. The molecule has 0 N–H and O–H groups in total. The van der Waals surface area contributed by atoms with E-state index in [1.165, 1.54) is 6.07 Å². The van der Waals surface area contributed by atoms with Crippen molar-refractivity contribution in [2.24, 2.45) is 0 Å². The first-order valence-electron chi connectivity index (χ1n) is 9.47. The summed E-state index contributed by atoms with van der Waals surface area (Å²) in [4.78, 5) is 8.26. The van der Waals surface area contributed by atoms with Gasteiger partial charge >= 0.3 is 6.01 Å². The van der Waals surface area contributed by atoms with Gasteiger partial charge in [0.05, 0.1) is 29.0 Å². The van der Waals surface area contributed by atoms with E-state index in [2.05, 4.69) is 15.1 Å². The van der Waals surface area contributed by atoms with Crippen molar-refractivity contribution in [2.75, 3.05) is 0 Å². The van der Waals surface area contributed by atoms with Crippen molar-refractivity contribution in [1.82, 2.24) is 19.7 Å². The summed E-state index contributed by atoms with van der Waals surface area (Å²) in [6, 6.07) is 20.0. The Hall–Kier alpha value is -4.69. The number of aromatic nitrogens is 4. The van der Waals surface area contributed by atoms with Crippen molar-refractivity contribution in [3.8, 4) is 41.2 Å². The molecule has 0 spiro atoms. The molecule has 0 radical (unpaired) electrons. The van der Waals surface area contributed by atoms with E-state index in [4.69, 9.17) is 9.47 Å². The molecule has 150 valence electrons. The van der Waals surface area contributed by atoms with Crippen molar-refractivity contribution in [3.63, 3.8) is 0 Å². The molecule has 0 aliphatic heterocycles. The molecule has 2 aromatic heterocycles. The van der Waals surface area contributed by atoms with Crippen molar-refractivity contribution >= 4 is 0 Å². The minimum absolute atomic E-state index is 0.135. The fourth-order valence-electron chi connectivity index (χ4n) is 2.93. The molecule has 0 atom stereocenters. The third-order valence-corrected chi connectivity index (χ3v) is 4.32. The fraction of sp³-hybridized carbons (Fsp3) is 0.0870. The first kappa shape index (κ1) is 19.6. The van der Waals surface area contributed by atoms with Crippen LogP contribution in [-0.2, 0) is 6.42 Å². The van der Waals surface area contributed by atoms with Gasteiger partial charge in [0.1, 0.15) is 11.4 Å². The summed E-state index contributed by atoms with van der Waals surface area (Å²) in [7, 11) is 0. The number of nitriles is 2. The summed E-state index contributed by atoms with van der Waals surface area (Å²) in [5.41, 5.74) is 2.03. The predicted molar refractivity (Wildman–Crippen MR) is 111 cm³/mol. The lowest BCUT2D eigenvalue weighted by Gasteiger charge is -2.11. The smallest absolute Gasteiger partial charge is 0.323 e. The van der Waals surface area contributed by atoms with Gasteiger partial charge in [-0.05, 0) is 42.8 Å². The molecule has 2 aromatic carbocycles. The molecule has 0 fully saturated rings. The van der Waals surface area contributed by atoms with E-state index in [0.29, 0.717) is 34.7 Å². The van der Waals surface area contributed by atoms with E-state index >= 15 is 0 Å². The molecule has 31 heavy (non-hydrogen) atoms. The van der Waals surface area contributed by atoms with E-state index in [-0.39, 0.29) is 11.9 Å². The molecule has 0 saturated carbocycles. The molecular formula is C23H16N6O2. The SMILES string of the molecule is CCc1nn(-c2ccccc2)c(Oc2ncccn2)c1Oc1cc(C#N)cc(C#N)c1. The van der Waals surface area contributed by atoms with Crippen molar-refractivity contribution in [3.05, 3.63) is 83.8 Å². The van der Waals surface area contributed by atoms with Crippen LogP contribution < -0.4 is 9.47 Å². The maximum atomic E-state index is 9.28. The highest BCUT2D eigenvalue weighted by atomic mass is 16.5. The van der Waals surface area contributed by atoms with Gasteiger partial charge in [-0.1, -0.05) is 25.1 Å². The minimum Gasteiger partial charge on any atom is -0.450 e. The summed E-state index contributed by atoms with van der Waals surface area (Å²) in [5.74, 6) is 0.977. The Morgan fingerprint density at radius 3 is 2.19 bits per heavy atom. The highest BCUT2D eigenvalue weighted by Gasteiger charge is 2.24. The zero-order chi connectivity index (χ0) is 21.6. The normalized spacial score (nSPS) is 10.2. The molecule has 4 aromatic rings. The Kier molecular flexibility index (Phi) is 5.55. The first-order chi connectivity index (χ1) is 15.2. The lowest BCUT2D eigenvalue weighted by Crippen LogP contribution is -2.01. The van der Waals surface area contributed by atoms with Crippen LogP contribution in [0.15, 0.2) is 67.0 Å². The van der Waals surface area contributed by atoms with E-state index in [0.717, 1.165) is 5.69 Å². The summed E-state index contributed by atoms with van der Waals surface area (Å²) >= 11 is 0. The summed E-state index contributed by atoms with van der Waals surface area (Å²) < 4.78 is 13.7. The molecule has 2 heterocycles. The standard InChI is InChI=1S/C23H16N6O2/c1-2-20-21(30-19-12-16(14-24)11-17(13-19)15-25)22(31-23-26-9-6-10-27-23)29(28-20)18-7-4-3-5-8-18/h3-13H,2H2,1H3. The van der Waals surface area contributed by atoms with Crippen molar-refractivity contribution < 1.29 is 9.47 Å². The molecule has 4 rings (SSSR count). The number of benzene rings is 2. The highest BCUT2D eigenvalue weighted by molar-refractivity contribution is 5.51. The van der Waals surface area contributed by atoms with Gasteiger partial charge in [-0.15, -0.1) is 0 Å². The molecular weight excluding hydrogens is 392 g/mol. The second-order valence-corrected chi connectivity index (χ2v) is 6.39. The van der Waals surface area contributed by atoms with Crippen LogP contribution in [0.3, 0.4) is 0 Å². The molecule has 0 aliphatic carbocycles. The van der Waals surface area contributed by atoms with Gasteiger partial charge in [0.2, 0.25) is 5.75 Å². The summed E-state index contributed by atoms with van der Waals surface area (Å²) in [5, 5.41) is 23.2. The van der Waals surface area contributed by atoms with Crippen molar-refractivity contribution in [1.29, 1.82) is 10.5 Å². The summed E-state index contributed by atoms with van der Waals surface area (Å²) in [6.07, 6.45) is 3.70. The van der Waals surface area contributed by atoms with Gasteiger partial charge in [-0.25, -0.2) is 9.97 Å². The molecule has 0 aliphatic rings. The van der Waals surface area contributed by atoms with Crippen LogP contribution in [0.25, 0.3) is 5.69 Å². The Morgan fingerprint density at radius 2 is 1.58 bits per heavy atom. The van der Waals surface area contributed by atoms with Crippen molar-refractivity contribution in [2.45, 2.75) is 13.3 Å². The predicted octanol–water partition coefficient (Wildman–Crippen LogP) is 4.55. The highest BCUT2D eigenvalue weighted by Crippen LogP contribution is 2.39.